The first kappa shape index (κ1) is 16.0. The summed E-state index contributed by atoms with van der Waals surface area (Å²) >= 11 is 5.30. The number of nitrogens with one attached hydrogen (secondary N) is 2. The number of piperidine rings is 1. The molecule has 1 aliphatic rings. The molecule has 21 heavy (non-hydrogen) atoms. The van der Waals surface area contributed by atoms with Gasteiger partial charge in [0.1, 0.15) is 0 Å². The van der Waals surface area contributed by atoms with Crippen LogP contribution < -0.4 is 15.5 Å². The molecular formula is C16H25N3OS. The lowest BCUT2D eigenvalue weighted by Gasteiger charge is -2.29. The molecule has 116 valence electrons. The van der Waals surface area contributed by atoms with Crippen LogP contribution in [-0.2, 0) is 4.74 Å². The lowest BCUT2D eigenvalue weighted by molar-refractivity contribution is 0.179. The van der Waals surface area contributed by atoms with Gasteiger partial charge in [-0.2, -0.15) is 0 Å². The van der Waals surface area contributed by atoms with Crippen LogP contribution >= 0.6 is 12.2 Å². The van der Waals surface area contributed by atoms with Gasteiger partial charge in [0.2, 0.25) is 0 Å². The quantitative estimate of drug-likeness (QED) is 0.818. The van der Waals surface area contributed by atoms with E-state index in [4.69, 9.17) is 17.0 Å². The molecule has 1 fully saturated rings. The van der Waals surface area contributed by atoms with Crippen molar-refractivity contribution in [2.45, 2.75) is 32.2 Å². The summed E-state index contributed by atoms with van der Waals surface area (Å²) in [6.45, 7) is 5.01. The Bertz CT molecular complexity index is 443. The number of ether oxygens (including phenoxy) is 1. The largest absolute Gasteiger partial charge is 0.383 e. The molecule has 1 saturated heterocycles. The van der Waals surface area contributed by atoms with E-state index in [1.807, 2.05) is 6.92 Å². The van der Waals surface area contributed by atoms with Gasteiger partial charge in [-0.1, -0.05) is 0 Å². The molecule has 1 atom stereocenters. The van der Waals surface area contributed by atoms with Gasteiger partial charge in [-0.3, -0.25) is 0 Å². The summed E-state index contributed by atoms with van der Waals surface area (Å²) in [7, 11) is 1.69. The summed E-state index contributed by atoms with van der Waals surface area (Å²) in [5.41, 5.74) is 2.31. The Morgan fingerprint density at radius 3 is 2.52 bits per heavy atom. The third kappa shape index (κ3) is 5.17. The van der Waals surface area contributed by atoms with E-state index in [2.05, 4.69) is 39.8 Å². The van der Waals surface area contributed by atoms with Crippen molar-refractivity contribution in [1.82, 2.24) is 5.32 Å². The topological polar surface area (TPSA) is 36.5 Å². The first-order chi connectivity index (χ1) is 10.2. The minimum Gasteiger partial charge on any atom is -0.383 e. The van der Waals surface area contributed by atoms with Crippen molar-refractivity contribution in [3.8, 4) is 0 Å². The smallest absolute Gasteiger partial charge is 0.171 e. The van der Waals surface area contributed by atoms with Crippen molar-refractivity contribution < 1.29 is 4.74 Å². The Hall–Kier alpha value is -1.33. The van der Waals surface area contributed by atoms with Crippen molar-refractivity contribution in [3.63, 3.8) is 0 Å². The first-order valence-electron chi connectivity index (χ1n) is 7.60. The van der Waals surface area contributed by atoms with E-state index in [1.54, 1.807) is 7.11 Å². The molecule has 1 aromatic carbocycles. The van der Waals surface area contributed by atoms with Crippen LogP contribution in [0.3, 0.4) is 0 Å². The first-order valence-corrected chi connectivity index (χ1v) is 8.01. The average molecular weight is 307 g/mol. The van der Waals surface area contributed by atoms with Gasteiger partial charge in [-0.25, -0.2) is 0 Å². The van der Waals surface area contributed by atoms with Crippen LogP contribution in [0.4, 0.5) is 11.4 Å². The van der Waals surface area contributed by atoms with Crippen LogP contribution in [0.2, 0.25) is 0 Å². The fourth-order valence-corrected chi connectivity index (χ4v) is 2.91. The second kappa shape index (κ2) is 8.20. The number of nitrogens with zero attached hydrogens (tertiary/aromatic N) is 1. The van der Waals surface area contributed by atoms with Gasteiger partial charge >= 0.3 is 0 Å². The Labute approximate surface area is 132 Å². The maximum absolute atomic E-state index is 5.30. The Balaban J connectivity index is 1.85. The van der Waals surface area contributed by atoms with Gasteiger partial charge in [-0.15, -0.1) is 0 Å². The molecule has 0 bridgehead atoms. The highest BCUT2D eigenvalue weighted by molar-refractivity contribution is 7.80. The molecule has 4 nitrogen and oxygen atoms in total. The lowest BCUT2D eigenvalue weighted by atomic mass is 10.1. The highest BCUT2D eigenvalue weighted by Crippen LogP contribution is 2.21. The summed E-state index contributed by atoms with van der Waals surface area (Å²) in [6.07, 6.45) is 3.95. The minimum absolute atomic E-state index is 0.197. The second-order valence-electron chi connectivity index (χ2n) is 5.55. The normalized spacial score (nSPS) is 16.4. The molecule has 1 heterocycles. The van der Waals surface area contributed by atoms with E-state index >= 15 is 0 Å². The molecule has 0 radical (unpaired) electrons. The number of benzene rings is 1. The van der Waals surface area contributed by atoms with E-state index in [0.717, 1.165) is 5.69 Å². The zero-order chi connectivity index (χ0) is 15.1. The van der Waals surface area contributed by atoms with Gasteiger partial charge in [0.05, 0.1) is 6.61 Å². The monoisotopic (exact) mass is 307 g/mol. The number of thiocarbonyl (C=S) groups is 1. The average Bonchev–Trinajstić information content (AvgIpc) is 2.49. The second-order valence-corrected chi connectivity index (χ2v) is 5.96. The van der Waals surface area contributed by atoms with Gasteiger partial charge in [0.25, 0.3) is 0 Å². The molecule has 0 amide bonds. The third-order valence-corrected chi connectivity index (χ3v) is 3.86. The highest BCUT2D eigenvalue weighted by Gasteiger charge is 2.10. The van der Waals surface area contributed by atoms with Crippen molar-refractivity contribution in [2.24, 2.45) is 0 Å². The highest BCUT2D eigenvalue weighted by atomic mass is 32.1. The third-order valence-electron chi connectivity index (χ3n) is 3.64. The number of methoxy groups -OCH3 is 1. The van der Waals surface area contributed by atoms with Crippen molar-refractivity contribution in [3.05, 3.63) is 24.3 Å². The standard InChI is InChI=1S/C16H25N3OS/c1-13(12-20-2)17-16(21)18-14-6-8-15(9-7-14)19-10-4-3-5-11-19/h6-9,13H,3-5,10-12H2,1-2H3,(H2,17,18,21). The number of rotatable bonds is 5. The number of anilines is 2. The van der Waals surface area contributed by atoms with E-state index < -0.39 is 0 Å². The summed E-state index contributed by atoms with van der Waals surface area (Å²) in [5.74, 6) is 0. The van der Waals surface area contributed by atoms with Crippen LogP contribution in [0.5, 0.6) is 0 Å². The molecule has 0 aromatic heterocycles. The SMILES string of the molecule is COCC(C)NC(=S)Nc1ccc(N2CCCCC2)cc1. The molecule has 0 spiro atoms. The Morgan fingerprint density at radius 1 is 1.24 bits per heavy atom. The predicted molar refractivity (Wildman–Crippen MR) is 93.2 cm³/mol. The molecule has 2 N–H and O–H groups in total. The predicted octanol–water partition coefficient (Wildman–Crippen LogP) is 3.00. The summed E-state index contributed by atoms with van der Waals surface area (Å²) in [6, 6.07) is 8.68. The van der Waals surface area contributed by atoms with Crippen molar-refractivity contribution in [2.75, 3.05) is 37.0 Å². The van der Waals surface area contributed by atoms with Gasteiger partial charge < -0.3 is 20.3 Å². The summed E-state index contributed by atoms with van der Waals surface area (Å²) in [4.78, 5) is 2.45. The molecule has 1 aliphatic heterocycles. The molecule has 1 unspecified atom stereocenters. The van der Waals surface area contributed by atoms with Crippen LogP contribution in [0.25, 0.3) is 0 Å². The minimum atomic E-state index is 0.197. The van der Waals surface area contributed by atoms with E-state index in [0.29, 0.717) is 11.7 Å². The van der Waals surface area contributed by atoms with Crippen molar-refractivity contribution in [1.29, 1.82) is 0 Å². The molecule has 5 heteroatoms. The molecular weight excluding hydrogens is 282 g/mol. The zero-order valence-electron chi connectivity index (χ0n) is 12.9. The van der Waals surface area contributed by atoms with Gasteiger partial charge in [0.15, 0.2) is 5.11 Å². The Morgan fingerprint density at radius 2 is 1.90 bits per heavy atom. The van der Waals surface area contributed by atoms with Crippen molar-refractivity contribution >= 4 is 28.7 Å². The lowest BCUT2D eigenvalue weighted by Crippen LogP contribution is -2.38. The van der Waals surface area contributed by atoms with Crippen LogP contribution in [0, 0.1) is 0 Å². The molecule has 0 aliphatic carbocycles. The maximum atomic E-state index is 5.30. The molecule has 0 saturated carbocycles. The maximum Gasteiger partial charge on any atom is 0.171 e. The van der Waals surface area contributed by atoms with Crippen LogP contribution in [0.15, 0.2) is 24.3 Å². The summed E-state index contributed by atoms with van der Waals surface area (Å²) < 4.78 is 5.08. The van der Waals surface area contributed by atoms with Crippen LogP contribution in [-0.4, -0.2) is 38.0 Å². The fraction of sp³-hybridized carbons (Fsp3) is 0.562. The Kier molecular flexibility index (Phi) is 6.26. The number of hydrogen-bond acceptors (Lipinski definition) is 3. The zero-order valence-corrected chi connectivity index (χ0v) is 13.7. The van der Waals surface area contributed by atoms with Gasteiger partial charge in [-0.05, 0) is 62.7 Å². The summed E-state index contributed by atoms with van der Waals surface area (Å²) in [5, 5.41) is 7.03. The molecule has 2 rings (SSSR count). The van der Waals surface area contributed by atoms with E-state index in [-0.39, 0.29) is 6.04 Å². The van der Waals surface area contributed by atoms with Gasteiger partial charge in [0, 0.05) is 37.6 Å². The van der Waals surface area contributed by atoms with E-state index in [9.17, 15) is 0 Å². The number of hydrogen-bond donors (Lipinski definition) is 2. The fourth-order valence-electron chi connectivity index (χ4n) is 2.59. The van der Waals surface area contributed by atoms with Crippen LogP contribution in [0.1, 0.15) is 26.2 Å². The molecule has 1 aromatic rings. The van der Waals surface area contributed by atoms with E-state index in [1.165, 1.54) is 38.0 Å².